The Hall–Kier alpha value is -1.92. The Labute approximate surface area is 138 Å². The van der Waals surface area contributed by atoms with Crippen LogP contribution in [0, 0.1) is 5.92 Å². The maximum atomic E-state index is 12.9. The molecule has 0 bridgehead atoms. The summed E-state index contributed by atoms with van der Waals surface area (Å²) >= 11 is 0. The predicted octanol–water partition coefficient (Wildman–Crippen LogP) is 3.70. The summed E-state index contributed by atoms with van der Waals surface area (Å²) < 4.78 is 49.6. The second-order valence-electron chi connectivity index (χ2n) is 6.29. The molecule has 0 aromatic heterocycles. The van der Waals surface area contributed by atoms with Gasteiger partial charge in [0.2, 0.25) is 0 Å². The molecule has 1 amide bonds. The molecule has 1 fully saturated rings. The highest BCUT2D eigenvalue weighted by Crippen LogP contribution is 2.37. The molecular formula is C17H20F3NO3. The van der Waals surface area contributed by atoms with Gasteiger partial charge in [0.25, 0.3) is 5.91 Å². The van der Waals surface area contributed by atoms with Crippen LogP contribution in [0.3, 0.4) is 0 Å². The van der Waals surface area contributed by atoms with E-state index in [9.17, 15) is 18.0 Å². The number of rotatable bonds is 2. The molecule has 132 valence electrons. The summed E-state index contributed by atoms with van der Waals surface area (Å²) in [5.41, 5.74) is 0.369. The lowest BCUT2D eigenvalue weighted by molar-refractivity contribution is -0.183. The standard InChI is InChI=1S/C17H20F3NO3/c18-17(19,20)12-3-1-4-13(10-12)21-16(22)11-5-6-14-15(9-11)24-8-2-7-23-14/h5-6,9,12-13H,1-4,7-8,10H2,(H,21,22). The van der Waals surface area contributed by atoms with E-state index < -0.39 is 18.1 Å². The minimum absolute atomic E-state index is 0.0558. The largest absolute Gasteiger partial charge is 0.490 e. The zero-order valence-corrected chi connectivity index (χ0v) is 13.2. The number of nitrogens with one attached hydrogen (secondary N) is 1. The van der Waals surface area contributed by atoms with Gasteiger partial charge in [0, 0.05) is 18.0 Å². The van der Waals surface area contributed by atoms with E-state index in [1.54, 1.807) is 18.2 Å². The van der Waals surface area contributed by atoms with E-state index in [2.05, 4.69) is 5.32 Å². The Kier molecular flexibility index (Phi) is 4.87. The maximum Gasteiger partial charge on any atom is 0.391 e. The lowest BCUT2D eigenvalue weighted by atomic mass is 9.85. The number of halogens is 3. The monoisotopic (exact) mass is 343 g/mol. The minimum Gasteiger partial charge on any atom is -0.490 e. The molecule has 2 aliphatic rings. The van der Waals surface area contributed by atoms with Gasteiger partial charge in [-0.1, -0.05) is 6.42 Å². The number of ether oxygens (including phenoxy) is 2. The molecule has 4 nitrogen and oxygen atoms in total. The Balaban J connectivity index is 1.65. The lowest BCUT2D eigenvalue weighted by Crippen LogP contribution is -2.41. The molecule has 0 spiro atoms. The first-order valence-corrected chi connectivity index (χ1v) is 8.21. The average Bonchev–Trinajstić information content (AvgIpc) is 2.78. The highest BCUT2D eigenvalue weighted by Gasteiger charge is 2.42. The van der Waals surface area contributed by atoms with Gasteiger partial charge in [-0.2, -0.15) is 13.2 Å². The summed E-state index contributed by atoms with van der Waals surface area (Å²) in [6.45, 7) is 1.06. The zero-order chi connectivity index (χ0) is 17.2. The van der Waals surface area contributed by atoms with Crippen molar-refractivity contribution in [1.29, 1.82) is 0 Å². The second-order valence-corrected chi connectivity index (χ2v) is 6.29. The smallest absolute Gasteiger partial charge is 0.391 e. The molecule has 1 heterocycles. The first-order valence-electron chi connectivity index (χ1n) is 8.21. The van der Waals surface area contributed by atoms with Gasteiger partial charge in [-0.3, -0.25) is 4.79 Å². The number of alkyl halides is 3. The van der Waals surface area contributed by atoms with Crippen LogP contribution in [-0.4, -0.2) is 31.3 Å². The fourth-order valence-electron chi connectivity index (χ4n) is 3.19. The maximum absolute atomic E-state index is 12.9. The first-order chi connectivity index (χ1) is 11.4. The van der Waals surface area contributed by atoms with Crippen LogP contribution in [0.25, 0.3) is 0 Å². The number of carbonyl (C=O) groups is 1. The highest BCUT2D eigenvalue weighted by atomic mass is 19.4. The van der Waals surface area contributed by atoms with Crippen LogP contribution in [0.15, 0.2) is 18.2 Å². The number of carbonyl (C=O) groups excluding carboxylic acids is 1. The van der Waals surface area contributed by atoms with E-state index >= 15 is 0 Å². The van der Waals surface area contributed by atoms with Crippen molar-refractivity contribution in [3.8, 4) is 11.5 Å². The van der Waals surface area contributed by atoms with Gasteiger partial charge in [0.15, 0.2) is 11.5 Å². The van der Waals surface area contributed by atoms with E-state index in [1.165, 1.54) is 0 Å². The van der Waals surface area contributed by atoms with Crippen LogP contribution in [0.5, 0.6) is 11.5 Å². The third kappa shape index (κ3) is 3.94. The number of hydrogen-bond acceptors (Lipinski definition) is 3. The van der Waals surface area contributed by atoms with E-state index in [0.29, 0.717) is 43.1 Å². The van der Waals surface area contributed by atoms with Gasteiger partial charge >= 0.3 is 6.18 Å². The number of benzene rings is 1. The fourth-order valence-corrected chi connectivity index (χ4v) is 3.19. The average molecular weight is 343 g/mol. The molecule has 2 unspecified atom stereocenters. The Morgan fingerprint density at radius 1 is 1.08 bits per heavy atom. The van der Waals surface area contributed by atoms with Crippen molar-refractivity contribution in [3.05, 3.63) is 23.8 Å². The molecule has 1 aliphatic heterocycles. The van der Waals surface area contributed by atoms with E-state index in [4.69, 9.17) is 9.47 Å². The summed E-state index contributed by atoms with van der Waals surface area (Å²) in [6, 6.07) is 4.40. The zero-order valence-electron chi connectivity index (χ0n) is 13.2. The molecule has 0 radical (unpaired) electrons. The minimum atomic E-state index is -4.20. The number of hydrogen-bond donors (Lipinski definition) is 1. The molecule has 0 saturated heterocycles. The van der Waals surface area contributed by atoms with Crippen LogP contribution in [0.4, 0.5) is 13.2 Å². The molecule has 7 heteroatoms. The number of amides is 1. The van der Waals surface area contributed by atoms with Gasteiger partial charge in [0.1, 0.15) is 0 Å². The fraction of sp³-hybridized carbons (Fsp3) is 0.588. The lowest BCUT2D eigenvalue weighted by Gasteiger charge is -2.31. The van der Waals surface area contributed by atoms with Gasteiger partial charge in [0.05, 0.1) is 19.1 Å². The van der Waals surface area contributed by atoms with Crippen LogP contribution in [0.2, 0.25) is 0 Å². The van der Waals surface area contributed by atoms with Crippen molar-refractivity contribution in [2.75, 3.05) is 13.2 Å². The molecule has 1 aromatic carbocycles. The van der Waals surface area contributed by atoms with Crippen molar-refractivity contribution in [3.63, 3.8) is 0 Å². The summed E-state index contributed by atoms with van der Waals surface area (Å²) in [4.78, 5) is 12.4. The van der Waals surface area contributed by atoms with Crippen molar-refractivity contribution < 1.29 is 27.4 Å². The normalized spacial score (nSPS) is 24.1. The third-order valence-corrected chi connectivity index (χ3v) is 4.48. The van der Waals surface area contributed by atoms with Crippen molar-refractivity contribution >= 4 is 5.91 Å². The molecule has 1 aromatic rings. The topological polar surface area (TPSA) is 47.6 Å². The van der Waals surface area contributed by atoms with Crippen LogP contribution < -0.4 is 14.8 Å². The van der Waals surface area contributed by atoms with E-state index in [1.807, 2.05) is 0 Å². The molecular weight excluding hydrogens is 323 g/mol. The second kappa shape index (κ2) is 6.91. The van der Waals surface area contributed by atoms with Crippen LogP contribution in [-0.2, 0) is 0 Å². The molecule has 1 saturated carbocycles. The summed E-state index contributed by atoms with van der Waals surface area (Å²) in [5.74, 6) is -0.630. The molecule has 1 aliphatic carbocycles. The molecule has 1 N–H and O–H groups in total. The van der Waals surface area contributed by atoms with Crippen LogP contribution in [0.1, 0.15) is 42.5 Å². The predicted molar refractivity (Wildman–Crippen MR) is 81.3 cm³/mol. The van der Waals surface area contributed by atoms with E-state index in [0.717, 1.165) is 6.42 Å². The summed E-state index contributed by atoms with van der Waals surface area (Å²) in [5, 5.41) is 2.72. The SMILES string of the molecule is O=C(NC1CCCC(C(F)(F)F)C1)c1ccc2c(c1)OCCCO2. The Bertz CT molecular complexity index is 603. The van der Waals surface area contributed by atoms with Gasteiger partial charge in [-0.15, -0.1) is 0 Å². The quantitative estimate of drug-likeness (QED) is 0.891. The molecule has 24 heavy (non-hydrogen) atoms. The number of fused-ring (bicyclic) bond motifs is 1. The summed E-state index contributed by atoms with van der Waals surface area (Å²) in [7, 11) is 0. The van der Waals surface area contributed by atoms with E-state index in [-0.39, 0.29) is 18.7 Å². The third-order valence-electron chi connectivity index (χ3n) is 4.48. The van der Waals surface area contributed by atoms with Crippen molar-refractivity contribution in [2.45, 2.75) is 44.3 Å². The van der Waals surface area contributed by atoms with Crippen LogP contribution >= 0.6 is 0 Å². The first kappa shape index (κ1) is 16.9. The van der Waals surface area contributed by atoms with Crippen molar-refractivity contribution in [1.82, 2.24) is 5.32 Å². The molecule has 3 rings (SSSR count). The van der Waals surface area contributed by atoms with Crippen molar-refractivity contribution in [2.24, 2.45) is 5.92 Å². The molecule has 2 atom stereocenters. The highest BCUT2D eigenvalue weighted by molar-refractivity contribution is 5.95. The Morgan fingerprint density at radius 2 is 1.83 bits per heavy atom. The Morgan fingerprint density at radius 3 is 2.58 bits per heavy atom. The van der Waals surface area contributed by atoms with Gasteiger partial charge in [-0.25, -0.2) is 0 Å². The summed E-state index contributed by atoms with van der Waals surface area (Å²) in [6.07, 6.45) is -2.31. The van der Waals surface area contributed by atoms with Gasteiger partial charge < -0.3 is 14.8 Å². The van der Waals surface area contributed by atoms with Gasteiger partial charge in [-0.05, 0) is 37.5 Å².